The third kappa shape index (κ3) is 2.63. The number of benzene rings is 2. The van der Waals surface area contributed by atoms with Crippen molar-refractivity contribution in [3.05, 3.63) is 66.1 Å². The summed E-state index contributed by atoms with van der Waals surface area (Å²) in [5.41, 5.74) is 3.75. The molecule has 1 aliphatic rings. The average molecular weight is 304 g/mol. The Morgan fingerprint density at radius 1 is 1.13 bits per heavy atom. The first-order valence-corrected chi connectivity index (χ1v) is 7.74. The normalized spacial score (nSPS) is 14.3. The molecule has 3 aromatic rings. The number of aromatic nitrogens is 1. The first-order chi connectivity index (χ1) is 11.3. The molecule has 0 atom stereocenters. The number of rotatable bonds is 2. The van der Waals surface area contributed by atoms with Gasteiger partial charge >= 0.3 is 0 Å². The van der Waals surface area contributed by atoms with Gasteiger partial charge in [0.05, 0.1) is 0 Å². The highest BCUT2D eigenvalue weighted by Gasteiger charge is 2.20. The van der Waals surface area contributed by atoms with Crippen molar-refractivity contribution in [2.75, 3.05) is 11.4 Å². The molecule has 0 saturated carbocycles. The summed E-state index contributed by atoms with van der Waals surface area (Å²) in [4.78, 5) is 18.7. The zero-order chi connectivity index (χ0) is 15.6. The van der Waals surface area contributed by atoms with Crippen LogP contribution in [0.4, 0.5) is 5.69 Å². The molecule has 0 spiro atoms. The summed E-state index contributed by atoms with van der Waals surface area (Å²) in [7, 11) is 0. The number of para-hydroxylation sites is 3. The lowest BCUT2D eigenvalue weighted by Crippen LogP contribution is -2.34. The van der Waals surface area contributed by atoms with Crippen molar-refractivity contribution in [1.82, 2.24) is 4.98 Å². The third-order valence-corrected chi connectivity index (χ3v) is 4.06. The zero-order valence-electron chi connectivity index (χ0n) is 12.6. The number of fused-ring (bicyclic) bond motifs is 2. The number of carbonyl (C=O) groups excluding carboxylic acids is 1. The molecule has 1 aliphatic heterocycles. The number of oxazole rings is 1. The second-order valence-electron chi connectivity index (χ2n) is 5.58. The summed E-state index contributed by atoms with van der Waals surface area (Å²) in [6, 6.07) is 15.6. The molecule has 0 saturated heterocycles. The maximum atomic E-state index is 12.5. The maximum absolute atomic E-state index is 12.5. The summed E-state index contributed by atoms with van der Waals surface area (Å²) >= 11 is 0. The van der Waals surface area contributed by atoms with Crippen molar-refractivity contribution >= 4 is 28.8 Å². The van der Waals surface area contributed by atoms with E-state index in [1.54, 1.807) is 6.08 Å². The van der Waals surface area contributed by atoms with E-state index < -0.39 is 0 Å². The molecule has 0 N–H and O–H groups in total. The van der Waals surface area contributed by atoms with Gasteiger partial charge in [-0.3, -0.25) is 4.79 Å². The zero-order valence-corrected chi connectivity index (χ0v) is 12.6. The number of anilines is 1. The number of aryl methyl sites for hydroxylation is 1. The number of nitrogens with zero attached hydrogens (tertiary/aromatic N) is 2. The predicted molar refractivity (Wildman–Crippen MR) is 90.2 cm³/mol. The Hall–Kier alpha value is -2.88. The monoisotopic (exact) mass is 304 g/mol. The van der Waals surface area contributed by atoms with E-state index in [4.69, 9.17) is 4.42 Å². The van der Waals surface area contributed by atoms with E-state index in [-0.39, 0.29) is 5.91 Å². The summed E-state index contributed by atoms with van der Waals surface area (Å²) < 4.78 is 5.61. The predicted octanol–water partition coefficient (Wildman–Crippen LogP) is 3.82. The highest BCUT2D eigenvalue weighted by molar-refractivity contribution is 6.04. The molecule has 4 nitrogen and oxygen atoms in total. The van der Waals surface area contributed by atoms with E-state index in [9.17, 15) is 4.79 Å². The van der Waals surface area contributed by atoms with Crippen molar-refractivity contribution in [2.45, 2.75) is 12.8 Å². The van der Waals surface area contributed by atoms with Gasteiger partial charge in [-0.05, 0) is 36.6 Å². The summed E-state index contributed by atoms with van der Waals surface area (Å²) in [6.45, 7) is 0.744. The van der Waals surface area contributed by atoms with Crippen molar-refractivity contribution in [3.63, 3.8) is 0 Å². The van der Waals surface area contributed by atoms with Crippen LogP contribution in [0, 0.1) is 0 Å². The Balaban J connectivity index is 1.58. The summed E-state index contributed by atoms with van der Waals surface area (Å²) in [6.07, 6.45) is 5.18. The van der Waals surface area contributed by atoms with Crippen molar-refractivity contribution in [3.8, 4) is 0 Å². The minimum Gasteiger partial charge on any atom is -0.437 e. The van der Waals surface area contributed by atoms with Crippen LogP contribution in [0.15, 0.2) is 59.0 Å². The Morgan fingerprint density at radius 3 is 2.87 bits per heavy atom. The van der Waals surface area contributed by atoms with Gasteiger partial charge in [-0.1, -0.05) is 30.3 Å². The first-order valence-electron chi connectivity index (χ1n) is 7.74. The Kier molecular flexibility index (Phi) is 3.42. The quantitative estimate of drug-likeness (QED) is 0.676. The van der Waals surface area contributed by atoms with Crippen molar-refractivity contribution in [2.24, 2.45) is 0 Å². The highest BCUT2D eigenvalue weighted by atomic mass is 16.3. The maximum Gasteiger partial charge on any atom is 0.251 e. The van der Waals surface area contributed by atoms with Gasteiger partial charge in [0.2, 0.25) is 5.89 Å². The van der Waals surface area contributed by atoms with Crippen molar-refractivity contribution in [1.29, 1.82) is 0 Å². The molecule has 1 amide bonds. The van der Waals surface area contributed by atoms with Crippen LogP contribution in [0.1, 0.15) is 17.9 Å². The molecule has 4 rings (SSSR count). The summed E-state index contributed by atoms with van der Waals surface area (Å²) in [5.74, 6) is 0.407. The van der Waals surface area contributed by atoms with Crippen LogP contribution in [0.25, 0.3) is 17.2 Å². The van der Waals surface area contributed by atoms with Crippen LogP contribution in [-0.2, 0) is 11.2 Å². The van der Waals surface area contributed by atoms with Gasteiger partial charge in [0.25, 0.3) is 5.91 Å². The van der Waals surface area contributed by atoms with Crippen LogP contribution in [0.3, 0.4) is 0 Å². The van der Waals surface area contributed by atoms with Gasteiger partial charge in [0.1, 0.15) is 5.52 Å². The highest BCUT2D eigenvalue weighted by Crippen LogP contribution is 2.27. The average Bonchev–Trinajstić information content (AvgIpc) is 3.02. The Bertz CT molecular complexity index is 862. The van der Waals surface area contributed by atoms with Crippen LogP contribution in [0.2, 0.25) is 0 Å². The van der Waals surface area contributed by atoms with Crippen molar-refractivity contribution < 1.29 is 9.21 Å². The third-order valence-electron chi connectivity index (χ3n) is 4.06. The SMILES string of the molecule is O=C(/C=C/c1nc2ccccc2o1)N1CCCc2ccccc21. The van der Waals surface area contributed by atoms with E-state index in [0.29, 0.717) is 5.89 Å². The number of carbonyl (C=O) groups is 1. The van der Waals surface area contributed by atoms with Gasteiger partial charge in [-0.15, -0.1) is 0 Å². The van der Waals surface area contributed by atoms with E-state index in [2.05, 4.69) is 11.1 Å². The van der Waals surface area contributed by atoms with E-state index in [1.165, 1.54) is 11.6 Å². The smallest absolute Gasteiger partial charge is 0.251 e. The fraction of sp³-hybridized carbons (Fsp3) is 0.158. The van der Waals surface area contributed by atoms with E-state index in [0.717, 1.165) is 36.2 Å². The second kappa shape index (κ2) is 5.72. The van der Waals surface area contributed by atoms with Crippen LogP contribution < -0.4 is 4.90 Å². The lowest BCUT2D eigenvalue weighted by Gasteiger charge is -2.28. The molecule has 2 heterocycles. The topological polar surface area (TPSA) is 46.3 Å². The lowest BCUT2D eigenvalue weighted by atomic mass is 10.0. The molecule has 4 heteroatoms. The van der Waals surface area contributed by atoms with Crippen LogP contribution in [-0.4, -0.2) is 17.4 Å². The van der Waals surface area contributed by atoms with Crippen LogP contribution >= 0.6 is 0 Å². The van der Waals surface area contributed by atoms with Gasteiger partial charge in [-0.25, -0.2) is 4.98 Å². The molecule has 0 aliphatic carbocycles. The Labute approximate surface area is 134 Å². The number of hydrogen-bond donors (Lipinski definition) is 0. The van der Waals surface area contributed by atoms with Gasteiger partial charge in [-0.2, -0.15) is 0 Å². The molecule has 0 bridgehead atoms. The molecule has 114 valence electrons. The molecule has 0 radical (unpaired) electrons. The lowest BCUT2D eigenvalue weighted by molar-refractivity contribution is -0.114. The van der Waals surface area contributed by atoms with Gasteiger partial charge in [0, 0.05) is 24.4 Å². The fourth-order valence-corrected chi connectivity index (χ4v) is 2.96. The molecule has 0 unspecified atom stereocenters. The number of amides is 1. The molecular formula is C19H16N2O2. The fourth-order valence-electron chi connectivity index (χ4n) is 2.96. The second-order valence-corrected chi connectivity index (χ2v) is 5.58. The summed E-state index contributed by atoms with van der Waals surface area (Å²) in [5, 5.41) is 0. The van der Waals surface area contributed by atoms with Gasteiger partial charge < -0.3 is 9.32 Å². The minimum atomic E-state index is -0.0422. The standard InChI is InChI=1S/C19H16N2O2/c22-19(21-13-5-7-14-6-1-3-9-16(14)21)12-11-18-20-15-8-2-4-10-17(15)23-18/h1-4,6,8-12H,5,7,13H2/b12-11+. The minimum absolute atomic E-state index is 0.0422. The van der Waals surface area contributed by atoms with E-state index in [1.807, 2.05) is 47.4 Å². The first kappa shape index (κ1) is 13.8. The van der Waals surface area contributed by atoms with Crippen LogP contribution in [0.5, 0.6) is 0 Å². The van der Waals surface area contributed by atoms with Gasteiger partial charge in [0.15, 0.2) is 5.58 Å². The molecule has 23 heavy (non-hydrogen) atoms. The molecule has 0 fully saturated rings. The molecular weight excluding hydrogens is 288 g/mol. The largest absolute Gasteiger partial charge is 0.437 e. The van der Waals surface area contributed by atoms with E-state index >= 15 is 0 Å². The molecule has 1 aromatic heterocycles. The molecule has 2 aromatic carbocycles. The number of hydrogen-bond acceptors (Lipinski definition) is 3. The Morgan fingerprint density at radius 2 is 1.96 bits per heavy atom.